The molecule has 0 bridgehead atoms. The molecule has 0 radical (unpaired) electrons. The molecule has 6 heteroatoms. The predicted molar refractivity (Wildman–Crippen MR) is 62.7 cm³/mol. The first kappa shape index (κ1) is 12.7. The van der Waals surface area contributed by atoms with Crippen molar-refractivity contribution in [2.45, 2.75) is 6.92 Å². The molecule has 18 heavy (non-hydrogen) atoms. The van der Waals surface area contributed by atoms with E-state index in [1.807, 2.05) is 0 Å². The maximum atomic E-state index is 13.7. The molecule has 0 aliphatic carbocycles. The van der Waals surface area contributed by atoms with Crippen LogP contribution < -0.4 is 4.90 Å². The summed E-state index contributed by atoms with van der Waals surface area (Å²) in [5.41, 5.74) is 1.37. The highest BCUT2D eigenvalue weighted by molar-refractivity contribution is 6.52. The Hall–Kier alpha value is -1.75. The Morgan fingerprint density at radius 2 is 2.06 bits per heavy atom. The van der Waals surface area contributed by atoms with E-state index < -0.39 is 23.3 Å². The van der Waals surface area contributed by atoms with Crippen molar-refractivity contribution in [1.82, 2.24) is 0 Å². The monoisotopic (exact) mass is 271 g/mol. The summed E-state index contributed by atoms with van der Waals surface area (Å²) in [5, 5.41) is 0. The fourth-order valence-corrected chi connectivity index (χ4v) is 1.86. The zero-order valence-corrected chi connectivity index (χ0v) is 10.1. The third-order valence-corrected chi connectivity index (χ3v) is 2.95. The number of amides is 1. The van der Waals surface area contributed by atoms with Crippen LogP contribution in [0.5, 0.6) is 0 Å². The van der Waals surface area contributed by atoms with Gasteiger partial charge in [0, 0.05) is 18.1 Å². The molecule has 1 aliphatic heterocycles. The van der Waals surface area contributed by atoms with Gasteiger partial charge in [0.25, 0.3) is 11.7 Å². The molecule has 0 unspecified atom stereocenters. The number of ketones is 1. The van der Waals surface area contributed by atoms with Crippen LogP contribution >= 0.6 is 11.6 Å². The average Bonchev–Trinajstić information content (AvgIpc) is 2.54. The maximum Gasteiger partial charge on any atom is 0.299 e. The number of hydrogen-bond donors (Lipinski definition) is 0. The number of carbonyl (C=O) groups excluding carboxylic acids is 2. The molecule has 1 aliphatic rings. The van der Waals surface area contributed by atoms with E-state index >= 15 is 0 Å². The largest absolute Gasteiger partial charge is 0.299 e. The first-order valence-corrected chi connectivity index (χ1v) is 5.50. The summed E-state index contributed by atoms with van der Waals surface area (Å²) in [5.74, 6) is -3.62. The van der Waals surface area contributed by atoms with Crippen molar-refractivity contribution in [1.29, 1.82) is 0 Å². The normalized spacial score (nSPS) is 15.3. The SMILES string of the molecule is C/C(=C/Cl)CN1C(=O)C(=O)c2cc(F)cc(F)c21. The molecule has 3 nitrogen and oxygen atoms in total. The van der Waals surface area contributed by atoms with Gasteiger partial charge >= 0.3 is 0 Å². The minimum Gasteiger partial charge on any atom is -0.298 e. The molecule has 0 aromatic heterocycles. The van der Waals surface area contributed by atoms with Gasteiger partial charge in [-0.05, 0) is 18.6 Å². The Bertz CT molecular complexity index is 584. The number of anilines is 1. The zero-order chi connectivity index (χ0) is 13.4. The van der Waals surface area contributed by atoms with E-state index in [4.69, 9.17) is 11.6 Å². The molecule has 1 amide bonds. The second-order valence-electron chi connectivity index (χ2n) is 3.96. The summed E-state index contributed by atoms with van der Waals surface area (Å²) in [6.07, 6.45) is 0. The third kappa shape index (κ3) is 1.90. The fraction of sp³-hybridized carbons (Fsp3) is 0.167. The molecule has 0 atom stereocenters. The van der Waals surface area contributed by atoms with Gasteiger partial charge in [-0.3, -0.25) is 14.5 Å². The number of carbonyl (C=O) groups is 2. The second-order valence-corrected chi connectivity index (χ2v) is 4.18. The van der Waals surface area contributed by atoms with Crippen LogP contribution in [0.15, 0.2) is 23.2 Å². The van der Waals surface area contributed by atoms with E-state index in [2.05, 4.69) is 0 Å². The quantitative estimate of drug-likeness (QED) is 0.776. The summed E-state index contributed by atoms with van der Waals surface area (Å²) < 4.78 is 26.7. The zero-order valence-electron chi connectivity index (χ0n) is 9.34. The lowest BCUT2D eigenvalue weighted by Gasteiger charge is -2.16. The van der Waals surface area contributed by atoms with Gasteiger partial charge in [-0.15, -0.1) is 0 Å². The second kappa shape index (κ2) is 4.49. The summed E-state index contributed by atoms with van der Waals surface area (Å²) in [6, 6.07) is 1.50. The summed E-state index contributed by atoms with van der Waals surface area (Å²) in [6.45, 7) is 1.62. The van der Waals surface area contributed by atoms with Crippen LogP contribution in [0.2, 0.25) is 0 Å². The molecule has 0 spiro atoms. The number of benzene rings is 1. The van der Waals surface area contributed by atoms with Gasteiger partial charge < -0.3 is 0 Å². The Morgan fingerprint density at radius 1 is 1.39 bits per heavy atom. The van der Waals surface area contributed by atoms with Crippen LogP contribution in [0.25, 0.3) is 0 Å². The molecule has 1 heterocycles. The van der Waals surface area contributed by atoms with E-state index in [0.29, 0.717) is 11.6 Å². The number of nitrogens with zero attached hydrogens (tertiary/aromatic N) is 1. The first-order chi connectivity index (χ1) is 8.45. The molecule has 1 aromatic rings. The molecule has 0 fully saturated rings. The number of hydrogen-bond acceptors (Lipinski definition) is 2. The van der Waals surface area contributed by atoms with Crippen molar-refractivity contribution >= 4 is 29.0 Å². The van der Waals surface area contributed by atoms with Crippen molar-refractivity contribution in [3.63, 3.8) is 0 Å². The van der Waals surface area contributed by atoms with Crippen molar-refractivity contribution < 1.29 is 18.4 Å². The molecule has 2 rings (SSSR count). The number of Topliss-reactive ketones (excluding diaryl/α,β-unsaturated/α-hetero) is 1. The molecule has 1 aromatic carbocycles. The van der Waals surface area contributed by atoms with Gasteiger partial charge in [0.1, 0.15) is 5.82 Å². The molecule has 94 valence electrons. The van der Waals surface area contributed by atoms with Gasteiger partial charge in [0.05, 0.1) is 11.3 Å². The number of halogens is 3. The van der Waals surface area contributed by atoms with E-state index in [0.717, 1.165) is 11.0 Å². The van der Waals surface area contributed by atoms with Crippen molar-refractivity contribution in [3.8, 4) is 0 Å². The molecule has 0 saturated heterocycles. The summed E-state index contributed by atoms with van der Waals surface area (Å²) >= 11 is 5.47. The number of fused-ring (bicyclic) bond motifs is 1. The van der Waals surface area contributed by atoms with Crippen LogP contribution in [0, 0.1) is 11.6 Å². The predicted octanol–water partition coefficient (Wildman–Crippen LogP) is 2.64. The van der Waals surface area contributed by atoms with E-state index in [1.165, 1.54) is 5.54 Å². The molecule has 0 saturated carbocycles. The molecule has 0 N–H and O–H groups in total. The topological polar surface area (TPSA) is 37.4 Å². The van der Waals surface area contributed by atoms with Gasteiger partial charge in [-0.25, -0.2) is 8.78 Å². The van der Waals surface area contributed by atoms with Crippen molar-refractivity contribution in [2.75, 3.05) is 11.4 Å². The van der Waals surface area contributed by atoms with Gasteiger partial charge in [-0.2, -0.15) is 0 Å². The van der Waals surface area contributed by atoms with Crippen LogP contribution in [0.1, 0.15) is 17.3 Å². The Balaban J connectivity index is 2.55. The third-order valence-electron chi connectivity index (χ3n) is 2.58. The van der Waals surface area contributed by atoms with Gasteiger partial charge in [0.15, 0.2) is 5.82 Å². The average molecular weight is 272 g/mol. The van der Waals surface area contributed by atoms with Crippen LogP contribution in [0.4, 0.5) is 14.5 Å². The summed E-state index contributed by atoms with van der Waals surface area (Å²) in [7, 11) is 0. The molecular weight excluding hydrogens is 264 g/mol. The van der Waals surface area contributed by atoms with Crippen molar-refractivity contribution in [2.24, 2.45) is 0 Å². The van der Waals surface area contributed by atoms with Crippen LogP contribution in [0.3, 0.4) is 0 Å². The van der Waals surface area contributed by atoms with E-state index in [1.54, 1.807) is 6.92 Å². The van der Waals surface area contributed by atoms with Crippen LogP contribution in [-0.4, -0.2) is 18.2 Å². The number of rotatable bonds is 2. The van der Waals surface area contributed by atoms with E-state index in [9.17, 15) is 18.4 Å². The Kier molecular flexibility index (Phi) is 3.17. The van der Waals surface area contributed by atoms with E-state index in [-0.39, 0.29) is 17.8 Å². The Labute approximate surface area is 107 Å². The lowest BCUT2D eigenvalue weighted by molar-refractivity contribution is -0.114. The van der Waals surface area contributed by atoms with Crippen molar-refractivity contribution in [3.05, 3.63) is 40.4 Å². The lowest BCUT2D eigenvalue weighted by Crippen LogP contribution is -2.31. The highest BCUT2D eigenvalue weighted by Crippen LogP contribution is 2.33. The Morgan fingerprint density at radius 3 is 2.67 bits per heavy atom. The lowest BCUT2D eigenvalue weighted by atomic mass is 10.1. The van der Waals surface area contributed by atoms with Gasteiger partial charge in [-0.1, -0.05) is 11.6 Å². The molecular formula is C12H8ClF2NO2. The standard InChI is InChI=1S/C12H8ClF2NO2/c1-6(4-13)5-16-10-8(11(17)12(16)18)2-7(14)3-9(10)15/h2-4H,5H2,1H3/b6-4-. The minimum atomic E-state index is -0.938. The van der Waals surface area contributed by atoms with Crippen LogP contribution in [-0.2, 0) is 4.79 Å². The summed E-state index contributed by atoms with van der Waals surface area (Å²) in [4.78, 5) is 24.3. The fourth-order valence-electron chi connectivity index (χ4n) is 1.79. The van der Waals surface area contributed by atoms with Gasteiger partial charge in [0.2, 0.25) is 0 Å². The highest BCUT2D eigenvalue weighted by Gasteiger charge is 2.38. The smallest absolute Gasteiger partial charge is 0.298 e. The minimum absolute atomic E-state index is 0.0103. The highest BCUT2D eigenvalue weighted by atomic mass is 35.5. The maximum absolute atomic E-state index is 13.7. The first-order valence-electron chi connectivity index (χ1n) is 5.06.